The summed E-state index contributed by atoms with van der Waals surface area (Å²) in [7, 11) is -1.95. The van der Waals surface area contributed by atoms with Crippen molar-refractivity contribution in [1.82, 2.24) is 4.31 Å². The molecule has 0 atom stereocenters. The van der Waals surface area contributed by atoms with Gasteiger partial charge in [-0.25, -0.2) is 8.42 Å². The first-order valence-electron chi connectivity index (χ1n) is 10.5. The maximum atomic E-state index is 13.0. The van der Waals surface area contributed by atoms with Gasteiger partial charge in [0.15, 0.2) is 5.11 Å². The van der Waals surface area contributed by atoms with Crippen LogP contribution in [0.15, 0.2) is 47.4 Å². The number of benzene rings is 2. The van der Waals surface area contributed by atoms with Gasteiger partial charge in [-0.2, -0.15) is 4.31 Å². The monoisotopic (exact) mass is 462 g/mol. The highest BCUT2D eigenvalue weighted by Crippen LogP contribution is 2.32. The zero-order valence-electron chi connectivity index (χ0n) is 18.2. The zero-order chi connectivity index (χ0) is 22.4. The minimum atomic E-state index is -3.57. The Morgan fingerprint density at radius 3 is 2.29 bits per heavy atom. The van der Waals surface area contributed by atoms with Crippen LogP contribution in [0.3, 0.4) is 0 Å². The predicted octanol–water partition coefficient (Wildman–Crippen LogP) is 4.13. The summed E-state index contributed by atoms with van der Waals surface area (Å²) in [4.78, 5) is 2.51. The van der Waals surface area contributed by atoms with Crippen molar-refractivity contribution in [3.8, 4) is 5.75 Å². The molecule has 1 heterocycles. The minimum Gasteiger partial charge on any atom is -0.497 e. The van der Waals surface area contributed by atoms with Crippen LogP contribution in [0, 0.1) is 0 Å². The molecule has 1 aliphatic rings. The number of hydrogen-bond donors (Lipinski definition) is 2. The van der Waals surface area contributed by atoms with Crippen molar-refractivity contribution in [2.75, 3.05) is 48.8 Å². The number of thiocarbonyl (C=S) groups is 1. The summed E-state index contributed by atoms with van der Waals surface area (Å²) in [6.07, 6.45) is 2.24. The van der Waals surface area contributed by atoms with Gasteiger partial charge in [0.25, 0.3) is 0 Å². The molecule has 0 amide bonds. The molecule has 1 aliphatic heterocycles. The molecule has 0 unspecified atom stereocenters. The van der Waals surface area contributed by atoms with E-state index in [1.165, 1.54) is 4.31 Å². The summed E-state index contributed by atoms with van der Waals surface area (Å²) in [5, 5.41) is 6.76. The second-order valence-corrected chi connectivity index (χ2v) is 9.62. The Hall–Kier alpha value is -2.36. The van der Waals surface area contributed by atoms with Crippen LogP contribution in [0.25, 0.3) is 0 Å². The molecule has 9 heteroatoms. The van der Waals surface area contributed by atoms with E-state index >= 15 is 0 Å². The molecular formula is C22H30N4O3S2. The molecule has 0 saturated carbocycles. The molecule has 0 radical (unpaired) electrons. The van der Waals surface area contributed by atoms with Crippen LogP contribution in [-0.2, 0) is 10.0 Å². The number of nitrogens with zero attached hydrogens (tertiary/aromatic N) is 2. The molecule has 2 N–H and O–H groups in total. The number of rotatable bonds is 8. The maximum Gasteiger partial charge on any atom is 0.243 e. The normalized spacial score (nSPS) is 14.0. The molecule has 1 fully saturated rings. The Balaban J connectivity index is 1.88. The van der Waals surface area contributed by atoms with Gasteiger partial charge in [0.05, 0.1) is 23.4 Å². The predicted molar refractivity (Wildman–Crippen MR) is 131 cm³/mol. The van der Waals surface area contributed by atoms with Gasteiger partial charge in [0, 0.05) is 31.9 Å². The lowest BCUT2D eigenvalue weighted by molar-refractivity contribution is 0.415. The van der Waals surface area contributed by atoms with Gasteiger partial charge in [0.2, 0.25) is 10.0 Å². The smallest absolute Gasteiger partial charge is 0.243 e. The van der Waals surface area contributed by atoms with Gasteiger partial charge in [-0.05, 0) is 67.5 Å². The molecule has 7 nitrogen and oxygen atoms in total. The lowest BCUT2D eigenvalue weighted by atomic mass is 10.2. The van der Waals surface area contributed by atoms with Gasteiger partial charge < -0.3 is 20.3 Å². The third-order valence-electron chi connectivity index (χ3n) is 5.35. The third kappa shape index (κ3) is 5.47. The number of ether oxygens (including phenoxy) is 1. The molecular weight excluding hydrogens is 432 g/mol. The van der Waals surface area contributed by atoms with Crippen LogP contribution < -0.4 is 20.3 Å². The Morgan fingerprint density at radius 2 is 1.71 bits per heavy atom. The molecule has 0 spiro atoms. The SMILES string of the molecule is CCN(CC)S(=O)(=O)c1ccc(N2CCCC2)c(NC(=S)Nc2ccc(OC)cc2)c1. The fourth-order valence-corrected chi connectivity index (χ4v) is 5.39. The Labute approximate surface area is 190 Å². The minimum absolute atomic E-state index is 0.258. The van der Waals surface area contributed by atoms with E-state index in [0.29, 0.717) is 23.9 Å². The van der Waals surface area contributed by atoms with Gasteiger partial charge in [0.1, 0.15) is 5.75 Å². The third-order valence-corrected chi connectivity index (χ3v) is 7.60. The summed E-state index contributed by atoms with van der Waals surface area (Å²) in [6, 6.07) is 12.7. The summed E-state index contributed by atoms with van der Waals surface area (Å²) < 4.78 is 32.7. The molecule has 168 valence electrons. The summed E-state index contributed by atoms with van der Waals surface area (Å²) in [5.41, 5.74) is 2.45. The van der Waals surface area contributed by atoms with Gasteiger partial charge in [-0.3, -0.25) is 0 Å². The van der Waals surface area contributed by atoms with Crippen molar-refractivity contribution in [1.29, 1.82) is 0 Å². The van der Waals surface area contributed by atoms with E-state index in [-0.39, 0.29) is 4.90 Å². The highest BCUT2D eigenvalue weighted by atomic mass is 32.2. The van der Waals surface area contributed by atoms with Crippen LogP contribution >= 0.6 is 12.2 Å². The van der Waals surface area contributed by atoms with Crippen LogP contribution in [0.5, 0.6) is 5.75 Å². The Bertz CT molecular complexity index is 1000. The van der Waals surface area contributed by atoms with Gasteiger partial charge in [-0.15, -0.1) is 0 Å². The molecule has 0 aliphatic carbocycles. The fourth-order valence-electron chi connectivity index (χ4n) is 3.68. The maximum absolute atomic E-state index is 13.0. The average molecular weight is 463 g/mol. The lowest BCUT2D eigenvalue weighted by Gasteiger charge is -2.24. The molecule has 0 aromatic heterocycles. The van der Waals surface area contributed by atoms with Crippen molar-refractivity contribution >= 4 is 44.4 Å². The molecule has 3 rings (SSSR count). The van der Waals surface area contributed by atoms with Crippen molar-refractivity contribution in [3.05, 3.63) is 42.5 Å². The molecule has 31 heavy (non-hydrogen) atoms. The molecule has 2 aromatic carbocycles. The molecule has 0 bridgehead atoms. The first kappa shape index (κ1) is 23.3. The van der Waals surface area contributed by atoms with E-state index in [1.54, 1.807) is 19.2 Å². The summed E-state index contributed by atoms with van der Waals surface area (Å²) in [6.45, 7) is 6.41. The summed E-state index contributed by atoms with van der Waals surface area (Å²) in [5.74, 6) is 0.759. The van der Waals surface area contributed by atoms with Gasteiger partial charge >= 0.3 is 0 Å². The van der Waals surface area contributed by atoms with E-state index < -0.39 is 10.0 Å². The van der Waals surface area contributed by atoms with Crippen molar-refractivity contribution in [2.45, 2.75) is 31.6 Å². The average Bonchev–Trinajstić information content (AvgIpc) is 3.29. The number of methoxy groups -OCH3 is 1. The number of nitrogens with one attached hydrogen (secondary N) is 2. The van der Waals surface area contributed by atoms with Crippen LogP contribution in [0.4, 0.5) is 17.1 Å². The number of sulfonamides is 1. The summed E-state index contributed by atoms with van der Waals surface area (Å²) >= 11 is 5.52. The van der Waals surface area contributed by atoms with E-state index in [2.05, 4.69) is 15.5 Å². The number of anilines is 3. The highest BCUT2D eigenvalue weighted by Gasteiger charge is 2.24. The fraction of sp³-hybridized carbons (Fsp3) is 0.409. The largest absolute Gasteiger partial charge is 0.497 e. The first-order chi connectivity index (χ1) is 14.9. The number of hydrogen-bond acceptors (Lipinski definition) is 5. The van der Waals surface area contributed by atoms with Gasteiger partial charge in [-0.1, -0.05) is 13.8 Å². The second kappa shape index (κ2) is 10.3. The lowest BCUT2D eigenvalue weighted by Crippen LogP contribution is -2.31. The van der Waals surface area contributed by atoms with Crippen molar-refractivity contribution < 1.29 is 13.2 Å². The Morgan fingerprint density at radius 1 is 1.06 bits per heavy atom. The highest BCUT2D eigenvalue weighted by molar-refractivity contribution is 7.89. The van der Waals surface area contributed by atoms with Crippen molar-refractivity contribution in [3.63, 3.8) is 0 Å². The standard InChI is InChI=1S/C22H30N4O3S2/c1-4-26(5-2)31(27,28)19-12-13-21(25-14-6-7-15-25)20(16-19)24-22(30)23-17-8-10-18(29-3)11-9-17/h8-13,16H,4-7,14-15H2,1-3H3,(H2,23,24,30). The quantitative estimate of drug-likeness (QED) is 0.571. The first-order valence-corrected chi connectivity index (χ1v) is 12.3. The van der Waals surface area contributed by atoms with Crippen molar-refractivity contribution in [2.24, 2.45) is 0 Å². The van der Waals surface area contributed by atoms with Crippen LogP contribution in [0.2, 0.25) is 0 Å². The molecule has 1 saturated heterocycles. The van der Waals surface area contributed by atoms with E-state index in [9.17, 15) is 8.42 Å². The van der Waals surface area contributed by atoms with E-state index in [0.717, 1.165) is 43.1 Å². The van der Waals surface area contributed by atoms with Crippen LogP contribution in [-0.4, -0.2) is 51.1 Å². The molecule has 2 aromatic rings. The Kier molecular flexibility index (Phi) is 7.74. The van der Waals surface area contributed by atoms with E-state index in [4.69, 9.17) is 17.0 Å². The second-order valence-electron chi connectivity index (χ2n) is 7.27. The van der Waals surface area contributed by atoms with Crippen LogP contribution in [0.1, 0.15) is 26.7 Å². The zero-order valence-corrected chi connectivity index (χ0v) is 19.9. The topological polar surface area (TPSA) is 73.9 Å². The van der Waals surface area contributed by atoms with E-state index in [1.807, 2.05) is 44.2 Å².